The van der Waals surface area contributed by atoms with Crippen LogP contribution in [0.3, 0.4) is 0 Å². The lowest BCUT2D eigenvalue weighted by Crippen LogP contribution is -2.34. The van der Waals surface area contributed by atoms with E-state index in [1.807, 2.05) is 0 Å². The van der Waals surface area contributed by atoms with E-state index in [9.17, 15) is 17.6 Å². The molecular weight excluding hydrogens is 359 g/mol. The second-order valence-electron chi connectivity index (χ2n) is 6.25. The molecule has 1 aliphatic heterocycles. The number of halogens is 1. The number of hydrogen-bond acceptors (Lipinski definition) is 6. The zero-order valence-corrected chi connectivity index (χ0v) is 15.0. The van der Waals surface area contributed by atoms with E-state index in [0.29, 0.717) is 17.9 Å². The molecule has 1 aliphatic rings. The molecule has 1 aromatic heterocycles. The number of carbonyl (C=O) groups excluding carboxylic acids is 1. The molecule has 138 valence electrons. The number of nitrogens with zero attached hydrogens (tertiary/aromatic N) is 3. The Morgan fingerprint density at radius 2 is 1.92 bits per heavy atom. The summed E-state index contributed by atoms with van der Waals surface area (Å²) in [5, 5.41) is 2.71. The zero-order chi connectivity index (χ0) is 18.7. The summed E-state index contributed by atoms with van der Waals surface area (Å²) in [6.07, 6.45) is 3.35. The van der Waals surface area contributed by atoms with E-state index in [2.05, 4.69) is 15.3 Å². The van der Waals surface area contributed by atoms with Gasteiger partial charge in [0, 0.05) is 32.0 Å². The van der Waals surface area contributed by atoms with Gasteiger partial charge in [0.2, 0.25) is 5.95 Å². The minimum atomic E-state index is -2.99. The molecule has 2 aromatic rings. The van der Waals surface area contributed by atoms with Crippen molar-refractivity contribution < 1.29 is 17.6 Å². The van der Waals surface area contributed by atoms with Crippen LogP contribution >= 0.6 is 0 Å². The lowest BCUT2D eigenvalue weighted by atomic mass is 10.2. The molecule has 0 saturated carbocycles. The van der Waals surface area contributed by atoms with Crippen LogP contribution in [0.4, 0.5) is 10.3 Å². The van der Waals surface area contributed by atoms with Crippen LogP contribution in [-0.4, -0.2) is 48.9 Å². The van der Waals surface area contributed by atoms with Gasteiger partial charge >= 0.3 is 0 Å². The third kappa shape index (κ3) is 4.34. The van der Waals surface area contributed by atoms with Crippen molar-refractivity contribution in [2.75, 3.05) is 23.5 Å². The van der Waals surface area contributed by atoms with Crippen molar-refractivity contribution in [3.05, 3.63) is 53.6 Å². The molecule has 1 amide bonds. The number of amides is 1. The van der Waals surface area contributed by atoms with Crippen LogP contribution < -0.4 is 10.2 Å². The van der Waals surface area contributed by atoms with Gasteiger partial charge < -0.3 is 10.2 Å². The normalized spacial score (nSPS) is 18.5. The molecule has 1 fully saturated rings. The van der Waals surface area contributed by atoms with E-state index in [1.54, 1.807) is 24.1 Å². The quantitative estimate of drug-likeness (QED) is 0.840. The fraction of sp³-hybridized carbons (Fsp3) is 0.353. The third-order valence-electron chi connectivity index (χ3n) is 4.34. The molecule has 2 heterocycles. The van der Waals surface area contributed by atoms with E-state index >= 15 is 0 Å². The maximum Gasteiger partial charge on any atom is 0.254 e. The predicted octanol–water partition coefficient (Wildman–Crippen LogP) is 1.17. The lowest BCUT2D eigenvalue weighted by Gasteiger charge is -2.23. The SMILES string of the molecule is CN(c1ncc(C(=O)NCc2ccc(F)cc2)cn1)C1CCS(=O)(=O)C1. The first-order valence-corrected chi connectivity index (χ1v) is 9.94. The van der Waals surface area contributed by atoms with Crippen molar-refractivity contribution in [2.45, 2.75) is 19.0 Å². The molecule has 0 spiro atoms. The summed E-state index contributed by atoms with van der Waals surface area (Å²) in [5.74, 6) is -0.0315. The highest BCUT2D eigenvalue weighted by Gasteiger charge is 2.31. The van der Waals surface area contributed by atoms with Gasteiger partial charge in [0.25, 0.3) is 5.91 Å². The maximum atomic E-state index is 12.9. The van der Waals surface area contributed by atoms with Gasteiger partial charge in [-0.25, -0.2) is 22.8 Å². The Bertz CT molecular complexity index is 885. The standard InChI is InChI=1S/C17H19FN4O3S/c1-22(15-6-7-26(24,25)11-15)17-20-9-13(10-21-17)16(23)19-8-12-2-4-14(18)5-3-12/h2-5,9-10,15H,6-8,11H2,1H3,(H,19,23). The van der Waals surface area contributed by atoms with Crippen LogP contribution in [-0.2, 0) is 16.4 Å². The van der Waals surface area contributed by atoms with Gasteiger partial charge in [-0.1, -0.05) is 12.1 Å². The molecular formula is C17H19FN4O3S. The summed E-state index contributed by atoms with van der Waals surface area (Å²) >= 11 is 0. The Morgan fingerprint density at radius 1 is 1.27 bits per heavy atom. The second kappa shape index (κ2) is 7.36. The van der Waals surface area contributed by atoms with Crippen molar-refractivity contribution in [1.82, 2.24) is 15.3 Å². The van der Waals surface area contributed by atoms with Crippen LogP contribution in [0.1, 0.15) is 22.3 Å². The van der Waals surface area contributed by atoms with Gasteiger partial charge in [0.15, 0.2) is 9.84 Å². The van der Waals surface area contributed by atoms with Crippen LogP contribution in [0.25, 0.3) is 0 Å². The summed E-state index contributed by atoms with van der Waals surface area (Å²) in [6.45, 7) is 0.265. The number of hydrogen-bond donors (Lipinski definition) is 1. The summed E-state index contributed by atoms with van der Waals surface area (Å²) < 4.78 is 36.0. The average molecular weight is 378 g/mol. The molecule has 9 heteroatoms. The lowest BCUT2D eigenvalue weighted by molar-refractivity contribution is 0.0950. The van der Waals surface area contributed by atoms with Crippen LogP contribution in [0.2, 0.25) is 0 Å². The largest absolute Gasteiger partial charge is 0.348 e. The monoisotopic (exact) mass is 378 g/mol. The molecule has 7 nitrogen and oxygen atoms in total. The molecule has 0 radical (unpaired) electrons. The van der Waals surface area contributed by atoms with Crippen molar-refractivity contribution in [2.24, 2.45) is 0 Å². The molecule has 1 saturated heterocycles. The third-order valence-corrected chi connectivity index (χ3v) is 6.09. The molecule has 0 aliphatic carbocycles. The first-order chi connectivity index (χ1) is 12.3. The van der Waals surface area contributed by atoms with Gasteiger partial charge in [-0.2, -0.15) is 0 Å². The van der Waals surface area contributed by atoms with Gasteiger partial charge in [0.1, 0.15) is 5.82 Å². The molecule has 1 atom stereocenters. The average Bonchev–Trinajstić information content (AvgIpc) is 3.00. The number of carbonyl (C=O) groups is 1. The Balaban J connectivity index is 1.59. The van der Waals surface area contributed by atoms with Gasteiger partial charge in [-0.15, -0.1) is 0 Å². The summed E-state index contributed by atoms with van der Waals surface area (Å²) in [5.41, 5.74) is 1.07. The fourth-order valence-corrected chi connectivity index (χ4v) is 4.53. The number of rotatable bonds is 5. The van der Waals surface area contributed by atoms with Gasteiger partial charge in [-0.3, -0.25) is 4.79 Å². The first kappa shape index (κ1) is 18.2. The van der Waals surface area contributed by atoms with Crippen molar-refractivity contribution >= 4 is 21.7 Å². The first-order valence-electron chi connectivity index (χ1n) is 8.12. The molecule has 1 N–H and O–H groups in total. The Hall–Kier alpha value is -2.55. The van der Waals surface area contributed by atoms with Crippen molar-refractivity contribution in [1.29, 1.82) is 0 Å². The van der Waals surface area contributed by atoms with Gasteiger partial charge in [0.05, 0.1) is 17.1 Å². The summed E-state index contributed by atoms with van der Waals surface area (Å²) in [6, 6.07) is 5.70. The molecule has 3 rings (SSSR count). The fourth-order valence-electron chi connectivity index (χ4n) is 2.75. The second-order valence-corrected chi connectivity index (χ2v) is 8.48. The van der Waals surface area contributed by atoms with Crippen LogP contribution in [0.5, 0.6) is 0 Å². The maximum absolute atomic E-state index is 12.9. The number of benzene rings is 1. The number of nitrogens with one attached hydrogen (secondary N) is 1. The molecule has 1 aromatic carbocycles. The van der Waals surface area contributed by atoms with Gasteiger partial charge in [-0.05, 0) is 24.1 Å². The van der Waals surface area contributed by atoms with Crippen molar-refractivity contribution in [3.8, 4) is 0 Å². The Labute approximate surface area is 151 Å². The highest BCUT2D eigenvalue weighted by Crippen LogP contribution is 2.19. The minimum Gasteiger partial charge on any atom is -0.348 e. The van der Waals surface area contributed by atoms with Crippen molar-refractivity contribution in [3.63, 3.8) is 0 Å². The smallest absolute Gasteiger partial charge is 0.254 e. The number of sulfone groups is 1. The highest BCUT2D eigenvalue weighted by molar-refractivity contribution is 7.91. The van der Waals surface area contributed by atoms with E-state index < -0.39 is 9.84 Å². The predicted molar refractivity (Wildman–Crippen MR) is 95.1 cm³/mol. The topological polar surface area (TPSA) is 92.3 Å². The van der Waals surface area contributed by atoms with E-state index in [1.165, 1.54) is 24.5 Å². The Kier molecular flexibility index (Phi) is 5.17. The van der Waals surface area contributed by atoms with E-state index in [0.717, 1.165) is 5.56 Å². The van der Waals surface area contributed by atoms with E-state index in [4.69, 9.17) is 0 Å². The summed E-state index contributed by atoms with van der Waals surface area (Å²) in [4.78, 5) is 22.2. The number of aromatic nitrogens is 2. The number of anilines is 1. The Morgan fingerprint density at radius 3 is 2.50 bits per heavy atom. The molecule has 1 unspecified atom stereocenters. The zero-order valence-electron chi connectivity index (χ0n) is 14.2. The molecule has 0 bridgehead atoms. The highest BCUT2D eigenvalue weighted by atomic mass is 32.2. The van der Waals surface area contributed by atoms with E-state index in [-0.39, 0.29) is 35.8 Å². The van der Waals surface area contributed by atoms with Crippen LogP contribution in [0, 0.1) is 5.82 Å². The molecule has 26 heavy (non-hydrogen) atoms. The summed E-state index contributed by atoms with van der Waals surface area (Å²) in [7, 11) is -1.25. The minimum absolute atomic E-state index is 0.0900. The van der Waals surface area contributed by atoms with Crippen LogP contribution in [0.15, 0.2) is 36.7 Å².